The lowest BCUT2D eigenvalue weighted by molar-refractivity contribution is 0.0568. The van der Waals surface area contributed by atoms with Crippen molar-refractivity contribution in [3.8, 4) is 6.07 Å². The predicted octanol–water partition coefficient (Wildman–Crippen LogP) is 1.96. The number of nitriles is 1. The largest absolute Gasteiger partial charge is 0.390 e. The summed E-state index contributed by atoms with van der Waals surface area (Å²) >= 11 is 0. The lowest BCUT2D eigenvalue weighted by atomic mass is 10.1. The zero-order chi connectivity index (χ0) is 13.4. The summed E-state index contributed by atoms with van der Waals surface area (Å²) in [5, 5.41) is 18.4. The number of aliphatic hydroxyl groups is 1. The van der Waals surface area contributed by atoms with Gasteiger partial charge in [-0.15, -0.1) is 0 Å². The maximum absolute atomic E-state index is 9.75. The van der Waals surface area contributed by atoms with Crippen LogP contribution < -0.4 is 0 Å². The van der Waals surface area contributed by atoms with Crippen molar-refractivity contribution in [3.63, 3.8) is 0 Å². The zero-order valence-corrected chi connectivity index (χ0v) is 11.1. The summed E-state index contributed by atoms with van der Waals surface area (Å²) in [6.45, 7) is 5.88. The van der Waals surface area contributed by atoms with Crippen LogP contribution in [0.15, 0.2) is 24.5 Å². The maximum Gasteiger partial charge on any atom is 0.0635 e. The minimum absolute atomic E-state index is 0.506. The maximum atomic E-state index is 9.75. The molecule has 0 aliphatic carbocycles. The molecular weight excluding hydrogens is 226 g/mol. The molecule has 0 saturated heterocycles. The van der Waals surface area contributed by atoms with Gasteiger partial charge in [0.25, 0.3) is 0 Å². The summed E-state index contributed by atoms with van der Waals surface area (Å²) in [6.07, 6.45) is 4.79. The fraction of sp³-hybridized carbons (Fsp3) is 0.571. The van der Waals surface area contributed by atoms with Crippen molar-refractivity contribution in [3.05, 3.63) is 30.1 Å². The van der Waals surface area contributed by atoms with Crippen molar-refractivity contribution >= 4 is 0 Å². The van der Waals surface area contributed by atoms with E-state index in [2.05, 4.69) is 16.0 Å². The van der Waals surface area contributed by atoms with E-state index in [9.17, 15) is 5.11 Å². The molecule has 18 heavy (non-hydrogen) atoms. The van der Waals surface area contributed by atoms with Gasteiger partial charge >= 0.3 is 0 Å². The molecule has 4 heteroatoms. The number of rotatable bonds is 7. The van der Waals surface area contributed by atoms with E-state index < -0.39 is 5.60 Å². The van der Waals surface area contributed by atoms with E-state index in [0.717, 1.165) is 25.2 Å². The van der Waals surface area contributed by atoms with Crippen LogP contribution in [0.1, 0.15) is 32.3 Å². The van der Waals surface area contributed by atoms with Crippen LogP contribution in [0, 0.1) is 11.3 Å². The highest BCUT2D eigenvalue weighted by atomic mass is 16.3. The Morgan fingerprint density at radius 3 is 2.78 bits per heavy atom. The molecule has 0 unspecified atom stereocenters. The minimum atomic E-state index is -0.667. The molecule has 1 heterocycles. The normalized spacial score (nSPS) is 11.5. The molecule has 0 radical (unpaired) electrons. The average molecular weight is 247 g/mol. The van der Waals surface area contributed by atoms with Gasteiger partial charge in [-0.3, -0.25) is 9.88 Å². The van der Waals surface area contributed by atoms with Crippen LogP contribution in [0.5, 0.6) is 0 Å². The van der Waals surface area contributed by atoms with E-state index in [4.69, 9.17) is 5.26 Å². The standard InChI is InChI=1S/C14H21N3O/c1-14(2,18)6-10-17(9-4-7-15)12-13-5-3-8-16-11-13/h3,5,8,11,18H,4,6,9-10,12H2,1-2H3. The summed E-state index contributed by atoms with van der Waals surface area (Å²) in [5.74, 6) is 0. The van der Waals surface area contributed by atoms with Crippen LogP contribution in [0.2, 0.25) is 0 Å². The molecule has 1 N–H and O–H groups in total. The first-order valence-corrected chi connectivity index (χ1v) is 6.22. The average Bonchev–Trinajstić information content (AvgIpc) is 2.33. The number of hydrogen-bond acceptors (Lipinski definition) is 4. The molecule has 98 valence electrons. The number of pyridine rings is 1. The van der Waals surface area contributed by atoms with E-state index in [-0.39, 0.29) is 0 Å². The SMILES string of the molecule is CC(C)(O)CCN(CCC#N)Cc1cccnc1. The minimum Gasteiger partial charge on any atom is -0.390 e. The van der Waals surface area contributed by atoms with E-state index in [0.29, 0.717) is 12.8 Å². The smallest absolute Gasteiger partial charge is 0.0635 e. The van der Waals surface area contributed by atoms with Gasteiger partial charge in [0.2, 0.25) is 0 Å². The summed E-state index contributed by atoms with van der Waals surface area (Å²) in [4.78, 5) is 6.26. The zero-order valence-electron chi connectivity index (χ0n) is 11.1. The Balaban J connectivity index is 2.53. The molecule has 1 aromatic heterocycles. The first kappa shape index (κ1) is 14.6. The molecule has 0 aromatic carbocycles. The van der Waals surface area contributed by atoms with Crippen molar-refractivity contribution in [2.75, 3.05) is 13.1 Å². The molecule has 0 aliphatic rings. The Morgan fingerprint density at radius 1 is 1.44 bits per heavy atom. The summed E-state index contributed by atoms with van der Waals surface area (Å²) in [6, 6.07) is 6.10. The third-order valence-electron chi connectivity index (χ3n) is 2.71. The highest BCUT2D eigenvalue weighted by Gasteiger charge is 2.15. The molecule has 4 nitrogen and oxygen atoms in total. The van der Waals surface area contributed by atoms with Gasteiger partial charge < -0.3 is 5.11 Å². The Labute approximate surface area is 109 Å². The van der Waals surface area contributed by atoms with Crippen LogP contribution in [0.4, 0.5) is 0 Å². The van der Waals surface area contributed by atoms with E-state index >= 15 is 0 Å². The van der Waals surface area contributed by atoms with Crippen molar-refractivity contribution in [2.45, 2.75) is 38.8 Å². The molecular formula is C14H21N3O. The van der Waals surface area contributed by atoms with Gasteiger partial charge in [-0.2, -0.15) is 5.26 Å². The molecule has 0 aliphatic heterocycles. The molecule has 0 fully saturated rings. The highest BCUT2D eigenvalue weighted by Crippen LogP contribution is 2.11. The number of hydrogen-bond donors (Lipinski definition) is 1. The van der Waals surface area contributed by atoms with Crippen LogP contribution in [-0.2, 0) is 6.54 Å². The van der Waals surface area contributed by atoms with Crippen LogP contribution >= 0.6 is 0 Å². The Bertz CT molecular complexity index is 378. The van der Waals surface area contributed by atoms with Gasteiger partial charge in [0, 0.05) is 38.4 Å². The van der Waals surface area contributed by atoms with Gasteiger partial charge in [-0.1, -0.05) is 6.07 Å². The molecule has 0 atom stereocenters. The van der Waals surface area contributed by atoms with E-state index in [1.165, 1.54) is 0 Å². The fourth-order valence-corrected chi connectivity index (χ4v) is 1.66. The molecule has 1 aromatic rings. The predicted molar refractivity (Wildman–Crippen MR) is 70.7 cm³/mol. The molecule has 0 saturated carbocycles. The van der Waals surface area contributed by atoms with Crippen molar-refractivity contribution in [1.82, 2.24) is 9.88 Å². The number of aromatic nitrogens is 1. The van der Waals surface area contributed by atoms with Crippen LogP contribution in [0.25, 0.3) is 0 Å². The van der Waals surface area contributed by atoms with Crippen molar-refractivity contribution in [1.29, 1.82) is 5.26 Å². The fourth-order valence-electron chi connectivity index (χ4n) is 1.66. The lowest BCUT2D eigenvalue weighted by Crippen LogP contribution is -2.31. The third kappa shape index (κ3) is 6.33. The monoisotopic (exact) mass is 247 g/mol. The summed E-state index contributed by atoms with van der Waals surface area (Å²) in [5.41, 5.74) is 0.464. The number of nitrogens with zero attached hydrogens (tertiary/aromatic N) is 3. The van der Waals surface area contributed by atoms with Gasteiger partial charge in [0.15, 0.2) is 0 Å². The van der Waals surface area contributed by atoms with Gasteiger partial charge in [0.1, 0.15) is 0 Å². The second kappa shape index (κ2) is 7.10. The van der Waals surface area contributed by atoms with Crippen LogP contribution in [-0.4, -0.2) is 33.7 Å². The highest BCUT2D eigenvalue weighted by molar-refractivity contribution is 5.08. The molecule has 1 rings (SSSR count). The first-order valence-electron chi connectivity index (χ1n) is 6.22. The molecule has 0 bridgehead atoms. The van der Waals surface area contributed by atoms with E-state index in [1.807, 2.05) is 18.3 Å². The third-order valence-corrected chi connectivity index (χ3v) is 2.71. The molecule has 0 amide bonds. The second-order valence-corrected chi connectivity index (χ2v) is 5.11. The topological polar surface area (TPSA) is 60.1 Å². The summed E-state index contributed by atoms with van der Waals surface area (Å²) in [7, 11) is 0. The Kier molecular flexibility index (Phi) is 5.76. The first-order chi connectivity index (χ1) is 8.51. The van der Waals surface area contributed by atoms with E-state index in [1.54, 1.807) is 20.0 Å². The second-order valence-electron chi connectivity index (χ2n) is 5.11. The lowest BCUT2D eigenvalue weighted by Gasteiger charge is -2.25. The quantitative estimate of drug-likeness (QED) is 0.800. The Morgan fingerprint density at radius 2 is 2.22 bits per heavy atom. The van der Waals surface area contributed by atoms with Crippen LogP contribution in [0.3, 0.4) is 0 Å². The van der Waals surface area contributed by atoms with Crippen molar-refractivity contribution < 1.29 is 5.11 Å². The van der Waals surface area contributed by atoms with Gasteiger partial charge in [-0.05, 0) is 31.9 Å². The molecule has 0 spiro atoms. The van der Waals surface area contributed by atoms with Crippen molar-refractivity contribution in [2.24, 2.45) is 0 Å². The van der Waals surface area contributed by atoms with Gasteiger partial charge in [-0.25, -0.2) is 0 Å². The Hall–Kier alpha value is -1.44. The van der Waals surface area contributed by atoms with Gasteiger partial charge in [0.05, 0.1) is 11.7 Å². The summed E-state index contributed by atoms with van der Waals surface area (Å²) < 4.78 is 0.